The van der Waals surface area contributed by atoms with E-state index in [2.05, 4.69) is 21.4 Å². The molecule has 22 heavy (non-hydrogen) atoms. The second-order valence-corrected chi connectivity index (χ2v) is 5.81. The Morgan fingerprint density at radius 2 is 2.23 bits per heavy atom. The summed E-state index contributed by atoms with van der Waals surface area (Å²) in [7, 11) is 0. The van der Waals surface area contributed by atoms with E-state index in [1.54, 1.807) is 17.6 Å². The third-order valence-corrected chi connectivity index (χ3v) is 4.04. The van der Waals surface area contributed by atoms with Gasteiger partial charge in [0.2, 0.25) is 5.89 Å². The van der Waals surface area contributed by atoms with Crippen LogP contribution in [-0.4, -0.2) is 9.97 Å². The van der Waals surface area contributed by atoms with Crippen molar-refractivity contribution in [2.75, 3.05) is 5.32 Å². The molecular weight excluding hydrogens is 296 g/mol. The van der Waals surface area contributed by atoms with Crippen molar-refractivity contribution in [3.8, 4) is 16.8 Å². The minimum Gasteiger partial charge on any atom is -0.443 e. The highest BCUT2D eigenvalue weighted by Crippen LogP contribution is 2.24. The van der Waals surface area contributed by atoms with Gasteiger partial charge in [-0.3, -0.25) is 4.98 Å². The van der Waals surface area contributed by atoms with Crippen LogP contribution in [0, 0.1) is 25.2 Å². The highest BCUT2D eigenvalue weighted by atomic mass is 32.1. The van der Waals surface area contributed by atoms with E-state index in [-0.39, 0.29) is 0 Å². The number of hydrogen-bond acceptors (Lipinski definition) is 6. The molecule has 0 unspecified atom stereocenters. The second kappa shape index (κ2) is 6.00. The lowest BCUT2D eigenvalue weighted by molar-refractivity contribution is 0.574. The summed E-state index contributed by atoms with van der Waals surface area (Å²) in [6.07, 6.45) is 1.63. The number of nitrogens with one attached hydrogen (secondary N) is 1. The van der Waals surface area contributed by atoms with Gasteiger partial charge in [-0.1, -0.05) is 6.07 Å². The molecule has 0 bridgehead atoms. The summed E-state index contributed by atoms with van der Waals surface area (Å²) in [5.41, 5.74) is 3.73. The lowest BCUT2D eigenvalue weighted by Gasteiger charge is -2.09. The maximum atomic E-state index is 9.25. The van der Waals surface area contributed by atoms with E-state index in [1.165, 1.54) is 0 Å². The van der Waals surface area contributed by atoms with Crippen molar-refractivity contribution in [2.24, 2.45) is 0 Å². The number of hydrogen-bond donors (Lipinski definition) is 1. The Labute approximate surface area is 132 Å². The zero-order chi connectivity index (χ0) is 15.5. The first-order valence-electron chi connectivity index (χ1n) is 6.78. The molecule has 3 aromatic heterocycles. The van der Waals surface area contributed by atoms with E-state index in [4.69, 9.17) is 4.42 Å². The maximum absolute atomic E-state index is 9.25. The van der Waals surface area contributed by atoms with Crippen LogP contribution >= 0.6 is 11.3 Å². The van der Waals surface area contributed by atoms with Gasteiger partial charge in [-0.25, -0.2) is 4.98 Å². The van der Waals surface area contributed by atoms with Gasteiger partial charge in [-0.05, 0) is 31.4 Å². The van der Waals surface area contributed by atoms with Gasteiger partial charge in [0, 0.05) is 5.69 Å². The van der Waals surface area contributed by atoms with Crippen molar-refractivity contribution in [1.82, 2.24) is 9.97 Å². The van der Waals surface area contributed by atoms with Crippen LogP contribution in [0.15, 0.2) is 34.3 Å². The number of anilines is 1. The molecule has 0 aliphatic rings. The quantitative estimate of drug-likeness (QED) is 0.791. The number of nitrogens with zero attached hydrogens (tertiary/aromatic N) is 3. The fourth-order valence-corrected chi connectivity index (χ4v) is 2.85. The molecule has 6 heteroatoms. The topological polar surface area (TPSA) is 74.7 Å². The third kappa shape index (κ3) is 2.85. The van der Waals surface area contributed by atoms with E-state index in [0.29, 0.717) is 18.0 Å². The molecule has 0 atom stereocenters. The fraction of sp³-hybridized carbons (Fsp3) is 0.188. The van der Waals surface area contributed by atoms with Crippen molar-refractivity contribution < 1.29 is 4.42 Å². The van der Waals surface area contributed by atoms with Crippen molar-refractivity contribution in [2.45, 2.75) is 20.4 Å². The lowest BCUT2D eigenvalue weighted by atomic mass is 10.1. The van der Waals surface area contributed by atoms with E-state index >= 15 is 0 Å². The molecule has 0 saturated heterocycles. The Bertz CT molecular complexity index is 830. The molecule has 0 saturated carbocycles. The molecular formula is C16H14N4OS. The van der Waals surface area contributed by atoms with Crippen LogP contribution in [0.25, 0.3) is 10.8 Å². The van der Waals surface area contributed by atoms with Crippen LogP contribution in [0.4, 0.5) is 5.69 Å². The monoisotopic (exact) mass is 310 g/mol. The standard InChI is InChI=1S/C16H14N4OS/c1-10-6-14(13(7-17)11(2)19-10)18-8-12-9-21-16(20-12)15-4-3-5-22-15/h3-6,9H,8H2,1-2H3,(H,18,19). The van der Waals surface area contributed by atoms with Crippen LogP contribution in [0.1, 0.15) is 22.6 Å². The van der Waals surface area contributed by atoms with E-state index in [1.807, 2.05) is 37.4 Å². The smallest absolute Gasteiger partial charge is 0.236 e. The predicted molar refractivity (Wildman–Crippen MR) is 85.6 cm³/mol. The Kier molecular flexibility index (Phi) is 3.90. The number of oxazole rings is 1. The third-order valence-electron chi connectivity index (χ3n) is 3.18. The Balaban J connectivity index is 1.78. The molecule has 0 amide bonds. The largest absolute Gasteiger partial charge is 0.443 e. The minimum absolute atomic E-state index is 0.493. The summed E-state index contributed by atoms with van der Waals surface area (Å²) in [6, 6.07) is 7.99. The van der Waals surface area contributed by atoms with Crippen LogP contribution in [0.3, 0.4) is 0 Å². The number of aromatic nitrogens is 2. The van der Waals surface area contributed by atoms with Gasteiger partial charge in [0.15, 0.2) is 0 Å². The number of rotatable bonds is 4. The summed E-state index contributed by atoms with van der Waals surface area (Å²) in [6.45, 7) is 4.23. The highest BCUT2D eigenvalue weighted by molar-refractivity contribution is 7.13. The van der Waals surface area contributed by atoms with Gasteiger partial charge in [0.1, 0.15) is 12.3 Å². The number of nitriles is 1. The number of thiophene rings is 1. The molecule has 0 aliphatic carbocycles. The van der Waals surface area contributed by atoms with Crippen LogP contribution < -0.4 is 5.32 Å². The van der Waals surface area contributed by atoms with Crippen LogP contribution in [0.2, 0.25) is 0 Å². The van der Waals surface area contributed by atoms with E-state index in [9.17, 15) is 5.26 Å². The van der Waals surface area contributed by atoms with Crippen molar-refractivity contribution in [1.29, 1.82) is 5.26 Å². The summed E-state index contributed by atoms with van der Waals surface area (Å²) in [5, 5.41) is 14.5. The molecule has 3 heterocycles. The highest BCUT2D eigenvalue weighted by Gasteiger charge is 2.10. The fourth-order valence-electron chi connectivity index (χ4n) is 2.20. The molecule has 5 nitrogen and oxygen atoms in total. The zero-order valence-corrected chi connectivity index (χ0v) is 13.1. The van der Waals surface area contributed by atoms with E-state index in [0.717, 1.165) is 27.6 Å². The Morgan fingerprint density at radius 1 is 1.36 bits per heavy atom. The first-order valence-corrected chi connectivity index (χ1v) is 7.66. The van der Waals surface area contributed by atoms with Gasteiger partial charge >= 0.3 is 0 Å². The van der Waals surface area contributed by atoms with Crippen molar-refractivity contribution in [3.63, 3.8) is 0 Å². The average Bonchev–Trinajstić information content (AvgIpc) is 3.15. The average molecular weight is 310 g/mol. The lowest BCUT2D eigenvalue weighted by Crippen LogP contribution is -2.04. The van der Waals surface area contributed by atoms with E-state index < -0.39 is 0 Å². The molecule has 0 spiro atoms. The molecule has 0 fully saturated rings. The maximum Gasteiger partial charge on any atom is 0.236 e. The first kappa shape index (κ1) is 14.3. The Hall–Kier alpha value is -2.65. The zero-order valence-electron chi connectivity index (χ0n) is 12.3. The van der Waals surface area contributed by atoms with Gasteiger partial charge in [0.05, 0.1) is 34.1 Å². The van der Waals surface area contributed by atoms with Crippen molar-refractivity contribution >= 4 is 17.0 Å². The van der Waals surface area contributed by atoms with Gasteiger partial charge in [0.25, 0.3) is 0 Å². The number of pyridine rings is 1. The SMILES string of the molecule is Cc1cc(NCc2coc(-c3cccs3)n2)c(C#N)c(C)n1. The Morgan fingerprint density at radius 3 is 2.95 bits per heavy atom. The first-order chi connectivity index (χ1) is 10.7. The minimum atomic E-state index is 0.493. The molecule has 3 rings (SSSR count). The molecule has 3 aromatic rings. The summed E-state index contributed by atoms with van der Waals surface area (Å²) < 4.78 is 5.48. The summed E-state index contributed by atoms with van der Waals surface area (Å²) >= 11 is 1.59. The molecule has 0 aliphatic heterocycles. The molecule has 0 radical (unpaired) electrons. The number of aryl methyl sites for hydroxylation is 2. The molecule has 0 aromatic carbocycles. The van der Waals surface area contributed by atoms with Crippen LogP contribution in [0.5, 0.6) is 0 Å². The van der Waals surface area contributed by atoms with Gasteiger partial charge < -0.3 is 9.73 Å². The van der Waals surface area contributed by atoms with Gasteiger partial charge in [-0.15, -0.1) is 11.3 Å². The van der Waals surface area contributed by atoms with Gasteiger partial charge in [-0.2, -0.15) is 5.26 Å². The van der Waals surface area contributed by atoms with Crippen molar-refractivity contribution in [3.05, 3.63) is 52.5 Å². The predicted octanol–water partition coefficient (Wildman–Crippen LogP) is 3.90. The van der Waals surface area contributed by atoms with Crippen LogP contribution in [-0.2, 0) is 6.54 Å². The molecule has 110 valence electrons. The summed E-state index contributed by atoms with van der Waals surface area (Å²) in [5.74, 6) is 0.620. The second-order valence-electron chi connectivity index (χ2n) is 4.86. The normalized spacial score (nSPS) is 10.4. The molecule has 1 N–H and O–H groups in total. The summed E-state index contributed by atoms with van der Waals surface area (Å²) in [4.78, 5) is 9.75.